The average Bonchev–Trinajstić information content (AvgIpc) is 2.94. The molecule has 6 nitrogen and oxygen atoms in total. The Kier molecular flexibility index (Phi) is 2.85. The molecule has 18 heavy (non-hydrogen) atoms. The summed E-state index contributed by atoms with van der Waals surface area (Å²) in [5.41, 5.74) is 2.31. The first-order valence-corrected chi connectivity index (χ1v) is 6.49. The van der Waals surface area contributed by atoms with E-state index in [1.54, 1.807) is 17.7 Å². The molecule has 3 aromatic heterocycles. The van der Waals surface area contributed by atoms with Crippen LogP contribution in [0.1, 0.15) is 10.7 Å². The number of halogens is 1. The molecule has 0 unspecified atom stereocenters. The molecule has 3 rings (SSSR count). The smallest absolute Gasteiger partial charge is 0.226 e. The Labute approximate surface area is 111 Å². The summed E-state index contributed by atoms with van der Waals surface area (Å²) in [6.45, 7) is 2.56. The van der Waals surface area contributed by atoms with E-state index in [-0.39, 0.29) is 5.28 Å². The van der Waals surface area contributed by atoms with E-state index < -0.39 is 0 Å². The Morgan fingerprint density at radius 2 is 2.28 bits per heavy atom. The second-order valence-corrected chi connectivity index (χ2v) is 4.96. The third kappa shape index (κ3) is 2.14. The van der Waals surface area contributed by atoms with Gasteiger partial charge in [-0.2, -0.15) is 9.97 Å². The number of hydrogen-bond acceptors (Lipinski definition) is 6. The third-order valence-electron chi connectivity index (χ3n) is 2.33. The number of imidazole rings is 1. The SMILES string of the molecule is Cc1csc(CNc2nc(Cl)nc3nc[nH]c23)n1. The number of aromatic nitrogens is 5. The molecule has 0 radical (unpaired) electrons. The van der Waals surface area contributed by atoms with Crippen molar-refractivity contribution in [3.63, 3.8) is 0 Å². The molecule has 3 aromatic rings. The molecular formula is C10H9ClN6S. The van der Waals surface area contributed by atoms with E-state index in [0.29, 0.717) is 18.0 Å². The molecule has 0 aliphatic heterocycles. The number of hydrogen-bond donors (Lipinski definition) is 2. The minimum absolute atomic E-state index is 0.174. The van der Waals surface area contributed by atoms with Crippen molar-refractivity contribution in [3.05, 3.63) is 27.7 Å². The Morgan fingerprint density at radius 1 is 1.39 bits per heavy atom. The Morgan fingerprint density at radius 3 is 3.06 bits per heavy atom. The third-order valence-corrected chi connectivity index (χ3v) is 3.47. The van der Waals surface area contributed by atoms with Gasteiger partial charge in [-0.15, -0.1) is 11.3 Å². The van der Waals surface area contributed by atoms with Crippen molar-refractivity contribution in [1.82, 2.24) is 24.9 Å². The van der Waals surface area contributed by atoms with Crippen molar-refractivity contribution in [2.45, 2.75) is 13.5 Å². The van der Waals surface area contributed by atoms with Gasteiger partial charge in [0.05, 0.1) is 12.9 Å². The van der Waals surface area contributed by atoms with Crippen molar-refractivity contribution in [1.29, 1.82) is 0 Å². The Hall–Kier alpha value is -1.73. The summed E-state index contributed by atoms with van der Waals surface area (Å²) >= 11 is 7.44. The van der Waals surface area contributed by atoms with Crippen LogP contribution < -0.4 is 5.32 Å². The molecule has 0 aliphatic rings. The lowest BCUT2D eigenvalue weighted by Gasteiger charge is -2.04. The van der Waals surface area contributed by atoms with Gasteiger partial charge in [0.2, 0.25) is 5.28 Å². The van der Waals surface area contributed by atoms with Gasteiger partial charge in [-0.3, -0.25) is 0 Å². The lowest BCUT2D eigenvalue weighted by Crippen LogP contribution is -2.03. The van der Waals surface area contributed by atoms with Gasteiger partial charge in [0.15, 0.2) is 11.5 Å². The topological polar surface area (TPSA) is 79.4 Å². The minimum Gasteiger partial charge on any atom is -0.362 e. The van der Waals surface area contributed by atoms with Crippen molar-refractivity contribution in [2.24, 2.45) is 0 Å². The summed E-state index contributed by atoms with van der Waals surface area (Å²) in [7, 11) is 0. The summed E-state index contributed by atoms with van der Waals surface area (Å²) in [5.74, 6) is 0.635. The molecule has 0 bridgehead atoms. The lowest BCUT2D eigenvalue weighted by molar-refractivity contribution is 1.05. The molecule has 0 amide bonds. The fourth-order valence-electron chi connectivity index (χ4n) is 1.58. The standard InChI is InChI=1S/C10H9ClN6S/c1-5-3-18-6(15-5)2-12-8-7-9(14-4-13-7)17-10(11)16-8/h3-4H,2H2,1H3,(H2,12,13,14,16,17). The van der Waals surface area contributed by atoms with Crippen molar-refractivity contribution < 1.29 is 0 Å². The van der Waals surface area contributed by atoms with E-state index >= 15 is 0 Å². The lowest BCUT2D eigenvalue weighted by atomic mass is 10.5. The van der Waals surface area contributed by atoms with Gasteiger partial charge < -0.3 is 10.3 Å². The van der Waals surface area contributed by atoms with Crippen molar-refractivity contribution in [3.8, 4) is 0 Å². The monoisotopic (exact) mass is 280 g/mol. The maximum atomic E-state index is 5.84. The first-order valence-electron chi connectivity index (χ1n) is 5.24. The van der Waals surface area contributed by atoms with Gasteiger partial charge in [0, 0.05) is 11.1 Å². The van der Waals surface area contributed by atoms with Gasteiger partial charge in [0.1, 0.15) is 10.5 Å². The van der Waals surface area contributed by atoms with E-state index in [2.05, 4.69) is 30.2 Å². The highest BCUT2D eigenvalue weighted by Crippen LogP contribution is 2.19. The van der Waals surface area contributed by atoms with E-state index in [1.807, 2.05) is 12.3 Å². The number of H-pyrrole nitrogens is 1. The molecule has 0 fully saturated rings. The van der Waals surface area contributed by atoms with Gasteiger partial charge in [0.25, 0.3) is 0 Å². The molecule has 0 saturated heterocycles. The highest BCUT2D eigenvalue weighted by atomic mass is 35.5. The van der Waals surface area contributed by atoms with Crippen molar-refractivity contribution >= 4 is 39.9 Å². The second-order valence-electron chi connectivity index (χ2n) is 3.68. The molecule has 0 aliphatic carbocycles. The van der Waals surface area contributed by atoms with Gasteiger partial charge in [-0.05, 0) is 18.5 Å². The molecular weight excluding hydrogens is 272 g/mol. The summed E-state index contributed by atoms with van der Waals surface area (Å²) in [6, 6.07) is 0. The molecule has 3 heterocycles. The Bertz CT molecular complexity index is 691. The van der Waals surface area contributed by atoms with Crippen LogP contribution in [0.4, 0.5) is 5.82 Å². The zero-order valence-electron chi connectivity index (χ0n) is 9.44. The van der Waals surface area contributed by atoms with Crippen LogP contribution in [0, 0.1) is 6.92 Å². The van der Waals surface area contributed by atoms with Crippen LogP contribution in [0.3, 0.4) is 0 Å². The summed E-state index contributed by atoms with van der Waals surface area (Å²) in [4.78, 5) is 19.6. The number of aryl methyl sites for hydroxylation is 1. The van der Waals surface area contributed by atoms with Crippen LogP contribution in [0.25, 0.3) is 11.2 Å². The normalized spacial score (nSPS) is 11.0. The second kappa shape index (κ2) is 4.51. The molecule has 8 heteroatoms. The van der Waals surface area contributed by atoms with Crippen LogP contribution in [-0.4, -0.2) is 24.9 Å². The predicted octanol–water partition coefficient (Wildman–Crippen LogP) is 2.38. The summed E-state index contributed by atoms with van der Waals surface area (Å²) < 4.78 is 0. The fraction of sp³-hybridized carbons (Fsp3) is 0.200. The number of aromatic amines is 1. The fourth-order valence-corrected chi connectivity index (χ4v) is 2.45. The number of nitrogens with zero attached hydrogens (tertiary/aromatic N) is 4. The quantitative estimate of drug-likeness (QED) is 0.720. The first kappa shape index (κ1) is 11.4. The zero-order chi connectivity index (χ0) is 12.5. The predicted molar refractivity (Wildman–Crippen MR) is 70.9 cm³/mol. The van der Waals surface area contributed by atoms with Crippen molar-refractivity contribution in [2.75, 3.05) is 5.32 Å². The van der Waals surface area contributed by atoms with Gasteiger partial charge in [-0.25, -0.2) is 9.97 Å². The van der Waals surface area contributed by atoms with Gasteiger partial charge >= 0.3 is 0 Å². The highest BCUT2D eigenvalue weighted by Gasteiger charge is 2.09. The number of rotatable bonds is 3. The maximum absolute atomic E-state index is 5.84. The molecule has 0 aromatic carbocycles. The number of anilines is 1. The molecule has 92 valence electrons. The average molecular weight is 281 g/mol. The van der Waals surface area contributed by atoms with E-state index in [9.17, 15) is 0 Å². The van der Waals surface area contributed by atoms with E-state index in [1.165, 1.54) is 0 Å². The van der Waals surface area contributed by atoms with Gasteiger partial charge in [-0.1, -0.05) is 0 Å². The zero-order valence-corrected chi connectivity index (χ0v) is 11.0. The van der Waals surface area contributed by atoms with Crippen LogP contribution >= 0.6 is 22.9 Å². The Balaban J connectivity index is 1.87. The molecule has 0 atom stereocenters. The number of nitrogens with one attached hydrogen (secondary N) is 2. The number of fused-ring (bicyclic) bond motifs is 1. The van der Waals surface area contributed by atoms with E-state index in [4.69, 9.17) is 11.6 Å². The van der Waals surface area contributed by atoms with E-state index in [0.717, 1.165) is 16.2 Å². The van der Waals surface area contributed by atoms with Crippen LogP contribution in [-0.2, 0) is 6.54 Å². The molecule has 0 spiro atoms. The van der Waals surface area contributed by atoms with Crippen LogP contribution in [0.15, 0.2) is 11.7 Å². The first-order chi connectivity index (χ1) is 8.72. The largest absolute Gasteiger partial charge is 0.362 e. The minimum atomic E-state index is 0.174. The maximum Gasteiger partial charge on any atom is 0.226 e. The van der Waals surface area contributed by atoms with Crippen LogP contribution in [0.2, 0.25) is 5.28 Å². The number of thiazole rings is 1. The summed E-state index contributed by atoms with van der Waals surface area (Å²) in [6.07, 6.45) is 1.56. The molecule has 0 saturated carbocycles. The summed E-state index contributed by atoms with van der Waals surface area (Å²) in [5, 5.41) is 6.36. The molecule has 2 N–H and O–H groups in total. The highest BCUT2D eigenvalue weighted by molar-refractivity contribution is 7.09. The van der Waals surface area contributed by atoms with Crippen LogP contribution in [0.5, 0.6) is 0 Å².